The summed E-state index contributed by atoms with van der Waals surface area (Å²) in [7, 11) is 1.69. The Morgan fingerprint density at radius 3 is 2.03 bits per heavy atom. The fourth-order valence-electron chi connectivity index (χ4n) is 3.19. The number of benzene rings is 2. The Labute approximate surface area is 191 Å². The van der Waals surface area contributed by atoms with Crippen molar-refractivity contribution >= 4 is 52.0 Å². The van der Waals surface area contributed by atoms with Gasteiger partial charge in [-0.05, 0) is 18.6 Å². The molecule has 10 nitrogen and oxygen atoms in total. The van der Waals surface area contributed by atoms with E-state index >= 15 is 0 Å². The van der Waals surface area contributed by atoms with Crippen molar-refractivity contribution in [3.8, 4) is 0 Å². The van der Waals surface area contributed by atoms with Crippen molar-refractivity contribution in [2.45, 2.75) is 6.42 Å². The van der Waals surface area contributed by atoms with Crippen molar-refractivity contribution in [2.24, 2.45) is 4.99 Å². The van der Waals surface area contributed by atoms with E-state index in [1.165, 1.54) is 12.1 Å². The number of halogens is 2. The number of nitro groups is 2. The lowest BCUT2D eigenvalue weighted by Crippen LogP contribution is -2.36. The molecular weight excluding hydrogens is 463 g/mol. The second-order valence-corrected chi connectivity index (χ2v) is 7.69. The van der Waals surface area contributed by atoms with Crippen LogP contribution >= 0.6 is 23.2 Å². The van der Waals surface area contributed by atoms with Gasteiger partial charge in [0.05, 0.1) is 19.9 Å². The fourth-order valence-corrected chi connectivity index (χ4v) is 3.71. The van der Waals surface area contributed by atoms with Crippen molar-refractivity contribution < 1.29 is 19.7 Å². The van der Waals surface area contributed by atoms with Crippen molar-refractivity contribution in [1.29, 1.82) is 0 Å². The standard InChI is InChI=1S/C20H16Cl2N4O6/c1-24-8-2-7-23-20(24)17(18(27)13-5-3-11(25(29)30)9-15(13)21)19(28)14-6-4-12(26(31)32)10-16(14)22/h3-6,9-10,27H,2,7-8H2,1H3/b18-17+. The van der Waals surface area contributed by atoms with Crippen LogP contribution in [0.25, 0.3) is 5.76 Å². The minimum atomic E-state index is -0.732. The van der Waals surface area contributed by atoms with Crippen molar-refractivity contribution in [3.63, 3.8) is 0 Å². The molecule has 0 unspecified atom stereocenters. The highest BCUT2D eigenvalue weighted by Crippen LogP contribution is 2.32. The molecule has 166 valence electrons. The molecule has 3 rings (SSSR count). The first-order valence-corrected chi connectivity index (χ1v) is 9.99. The van der Waals surface area contributed by atoms with Crippen LogP contribution in [0, 0.1) is 20.2 Å². The Hall–Kier alpha value is -3.50. The normalized spacial score (nSPS) is 14.5. The number of ketones is 1. The van der Waals surface area contributed by atoms with E-state index < -0.39 is 21.4 Å². The number of aliphatic hydroxyl groups is 1. The average molecular weight is 479 g/mol. The minimum Gasteiger partial charge on any atom is -0.506 e. The molecule has 1 heterocycles. The lowest BCUT2D eigenvalue weighted by molar-refractivity contribution is -0.385. The quantitative estimate of drug-likeness (QED) is 0.208. The van der Waals surface area contributed by atoms with E-state index in [9.17, 15) is 30.1 Å². The van der Waals surface area contributed by atoms with E-state index in [0.717, 1.165) is 30.7 Å². The number of aliphatic hydroxyl groups excluding tert-OH is 1. The molecule has 1 aliphatic heterocycles. The monoisotopic (exact) mass is 478 g/mol. The third-order valence-electron chi connectivity index (χ3n) is 4.79. The maximum absolute atomic E-state index is 13.5. The third-order valence-corrected chi connectivity index (χ3v) is 5.41. The zero-order chi connectivity index (χ0) is 23.6. The summed E-state index contributed by atoms with van der Waals surface area (Å²) in [6, 6.07) is 6.78. The van der Waals surface area contributed by atoms with Crippen LogP contribution in [0.4, 0.5) is 11.4 Å². The second kappa shape index (κ2) is 9.33. The van der Waals surface area contributed by atoms with Gasteiger partial charge in [-0.15, -0.1) is 0 Å². The van der Waals surface area contributed by atoms with Crippen LogP contribution in [-0.4, -0.2) is 51.6 Å². The van der Waals surface area contributed by atoms with E-state index in [0.29, 0.717) is 13.1 Å². The van der Waals surface area contributed by atoms with Gasteiger partial charge < -0.3 is 10.0 Å². The number of Topliss-reactive ketones (excluding diaryl/α,β-unsaturated/α-hetero) is 1. The molecule has 0 radical (unpaired) electrons. The highest BCUT2D eigenvalue weighted by atomic mass is 35.5. The summed E-state index contributed by atoms with van der Waals surface area (Å²) in [6.45, 7) is 0.969. The van der Waals surface area contributed by atoms with Crippen LogP contribution in [0.3, 0.4) is 0 Å². The largest absolute Gasteiger partial charge is 0.506 e. The maximum Gasteiger partial charge on any atom is 0.270 e. The van der Waals surface area contributed by atoms with Gasteiger partial charge in [-0.2, -0.15) is 0 Å². The predicted molar refractivity (Wildman–Crippen MR) is 120 cm³/mol. The van der Waals surface area contributed by atoms with E-state index in [2.05, 4.69) is 4.99 Å². The number of nitro benzene ring substituents is 2. The van der Waals surface area contributed by atoms with Crippen molar-refractivity contribution in [2.75, 3.05) is 20.1 Å². The number of amidine groups is 1. The molecule has 1 N–H and O–H groups in total. The Morgan fingerprint density at radius 2 is 1.56 bits per heavy atom. The Morgan fingerprint density at radius 1 is 1.03 bits per heavy atom. The first-order chi connectivity index (χ1) is 15.1. The lowest BCUT2D eigenvalue weighted by atomic mass is 9.96. The number of carbonyl (C=O) groups is 1. The average Bonchev–Trinajstić information content (AvgIpc) is 2.74. The van der Waals surface area contributed by atoms with Gasteiger partial charge in [0.2, 0.25) is 5.78 Å². The molecule has 0 amide bonds. The van der Waals surface area contributed by atoms with Crippen LogP contribution in [0.1, 0.15) is 22.3 Å². The molecule has 32 heavy (non-hydrogen) atoms. The van der Waals surface area contributed by atoms with Gasteiger partial charge in [-0.1, -0.05) is 23.2 Å². The zero-order valence-electron chi connectivity index (χ0n) is 16.6. The molecule has 0 atom stereocenters. The minimum absolute atomic E-state index is 0.0136. The number of likely N-dealkylation sites (N-methyl/N-ethyl adjacent to an activating group) is 1. The van der Waals surface area contributed by atoms with Crippen LogP contribution in [-0.2, 0) is 0 Å². The van der Waals surface area contributed by atoms with Gasteiger partial charge in [0.1, 0.15) is 17.2 Å². The van der Waals surface area contributed by atoms with Crippen molar-refractivity contribution in [3.05, 3.63) is 83.4 Å². The highest BCUT2D eigenvalue weighted by Gasteiger charge is 2.30. The number of hydrogen-bond acceptors (Lipinski definition) is 8. The predicted octanol–water partition coefficient (Wildman–Crippen LogP) is 4.70. The molecule has 2 aromatic carbocycles. The highest BCUT2D eigenvalue weighted by molar-refractivity contribution is 6.39. The topological polar surface area (TPSA) is 139 Å². The maximum atomic E-state index is 13.5. The number of hydrogen-bond donors (Lipinski definition) is 1. The molecule has 0 spiro atoms. The SMILES string of the molecule is CN1CCCN=C1/C(C(=O)c1ccc([N+](=O)[O-])cc1Cl)=C(/O)c1ccc([N+](=O)[O-])cc1Cl. The summed E-state index contributed by atoms with van der Waals surface area (Å²) in [5.41, 5.74) is -0.908. The van der Waals surface area contributed by atoms with Crippen LogP contribution in [0.15, 0.2) is 47.0 Å². The van der Waals surface area contributed by atoms with Gasteiger partial charge in [0.15, 0.2) is 0 Å². The molecule has 0 fully saturated rings. The first-order valence-electron chi connectivity index (χ1n) is 9.24. The number of carbonyl (C=O) groups excluding carboxylic acids is 1. The van der Waals surface area contributed by atoms with Crippen LogP contribution in [0.2, 0.25) is 10.0 Å². The fraction of sp³-hybridized carbons (Fsp3) is 0.200. The summed E-state index contributed by atoms with van der Waals surface area (Å²) >= 11 is 12.3. The number of nitrogens with zero attached hydrogens (tertiary/aromatic N) is 4. The van der Waals surface area contributed by atoms with Gasteiger partial charge in [-0.25, -0.2) is 0 Å². The Kier molecular flexibility index (Phi) is 6.75. The summed E-state index contributed by atoms with van der Waals surface area (Å²) in [5, 5.41) is 32.7. The van der Waals surface area contributed by atoms with Gasteiger partial charge >= 0.3 is 0 Å². The Balaban J connectivity index is 2.21. The summed E-state index contributed by atoms with van der Waals surface area (Å²) in [4.78, 5) is 40.2. The van der Waals surface area contributed by atoms with Crippen molar-refractivity contribution in [1.82, 2.24) is 4.90 Å². The van der Waals surface area contributed by atoms with Crippen LogP contribution < -0.4 is 0 Å². The molecular formula is C20H16Cl2N4O6. The zero-order valence-corrected chi connectivity index (χ0v) is 18.1. The molecule has 12 heteroatoms. The van der Waals surface area contributed by atoms with Crippen LogP contribution in [0.5, 0.6) is 0 Å². The van der Waals surface area contributed by atoms with E-state index in [-0.39, 0.29) is 44.0 Å². The smallest absolute Gasteiger partial charge is 0.270 e. The Bertz CT molecular complexity index is 1190. The van der Waals surface area contributed by atoms with E-state index in [1.54, 1.807) is 11.9 Å². The second-order valence-electron chi connectivity index (χ2n) is 6.88. The summed E-state index contributed by atoms with van der Waals surface area (Å²) in [5.74, 6) is -1.09. The van der Waals surface area contributed by atoms with Gasteiger partial charge in [0, 0.05) is 55.5 Å². The number of non-ortho nitro benzene ring substituents is 2. The third kappa shape index (κ3) is 4.56. The number of rotatable bonds is 6. The summed E-state index contributed by atoms with van der Waals surface area (Å²) in [6.07, 6.45) is 0.735. The van der Waals surface area contributed by atoms with E-state index in [1.807, 2.05) is 0 Å². The molecule has 0 bridgehead atoms. The number of aliphatic imine (C=N–C) groups is 1. The first kappa shape index (κ1) is 23.2. The lowest BCUT2D eigenvalue weighted by Gasteiger charge is -2.27. The van der Waals surface area contributed by atoms with Gasteiger partial charge in [-0.3, -0.25) is 30.0 Å². The molecule has 0 aliphatic carbocycles. The molecule has 2 aromatic rings. The molecule has 0 aromatic heterocycles. The molecule has 0 saturated carbocycles. The molecule has 1 aliphatic rings. The van der Waals surface area contributed by atoms with E-state index in [4.69, 9.17) is 23.2 Å². The molecule has 0 saturated heterocycles. The summed E-state index contributed by atoms with van der Waals surface area (Å²) < 4.78 is 0. The van der Waals surface area contributed by atoms with Gasteiger partial charge in [0.25, 0.3) is 11.4 Å².